The van der Waals surface area contributed by atoms with Gasteiger partial charge in [0, 0.05) is 47.5 Å². The van der Waals surface area contributed by atoms with E-state index in [1.165, 1.54) is 0 Å². The van der Waals surface area contributed by atoms with Gasteiger partial charge in [0.25, 0.3) is 5.91 Å². The maximum absolute atomic E-state index is 13.0. The Morgan fingerprint density at radius 3 is 2.41 bits per heavy atom. The number of anilines is 1. The molecule has 5 nitrogen and oxygen atoms in total. The van der Waals surface area contributed by atoms with Crippen LogP contribution in [0.1, 0.15) is 10.4 Å². The average Bonchev–Trinajstić information content (AvgIpc) is 3.18. The first kappa shape index (κ1) is 17.9. The number of aromatic nitrogens is 2. The minimum atomic E-state index is -0.0144. The number of aromatic amines is 1. The largest absolute Gasteiger partial charge is 0.368 e. The number of H-pyrrole nitrogens is 1. The molecule has 1 N–H and O–H groups in total. The average molecular weight is 401 g/mol. The molecule has 0 saturated carbocycles. The lowest BCUT2D eigenvalue weighted by Crippen LogP contribution is -2.48. The Balaban J connectivity index is 1.47. The van der Waals surface area contributed by atoms with E-state index in [4.69, 9.17) is 23.2 Å². The van der Waals surface area contributed by atoms with E-state index in [1.807, 2.05) is 41.3 Å². The molecule has 0 unspecified atom stereocenters. The van der Waals surface area contributed by atoms with Gasteiger partial charge >= 0.3 is 0 Å². The zero-order chi connectivity index (χ0) is 18.8. The highest BCUT2D eigenvalue weighted by Crippen LogP contribution is 2.25. The maximum Gasteiger partial charge on any atom is 0.257 e. The molecule has 7 heteroatoms. The summed E-state index contributed by atoms with van der Waals surface area (Å²) in [4.78, 5) is 17.1. The van der Waals surface area contributed by atoms with E-state index >= 15 is 0 Å². The third-order valence-corrected chi connectivity index (χ3v) is 5.23. The molecule has 3 aromatic rings. The van der Waals surface area contributed by atoms with Crippen molar-refractivity contribution >= 4 is 34.8 Å². The van der Waals surface area contributed by atoms with Gasteiger partial charge in [-0.05, 0) is 30.3 Å². The highest BCUT2D eigenvalue weighted by Gasteiger charge is 2.25. The molecule has 1 aliphatic heterocycles. The fraction of sp³-hybridized carbons (Fsp3) is 0.200. The van der Waals surface area contributed by atoms with Gasteiger partial charge in [-0.15, -0.1) is 0 Å². The Labute approximate surface area is 167 Å². The Bertz CT molecular complexity index is 947. The molecule has 0 radical (unpaired) electrons. The van der Waals surface area contributed by atoms with Crippen LogP contribution in [0.2, 0.25) is 10.0 Å². The second-order valence-electron chi connectivity index (χ2n) is 6.42. The molecule has 2 aromatic carbocycles. The summed E-state index contributed by atoms with van der Waals surface area (Å²) in [7, 11) is 0. The van der Waals surface area contributed by atoms with Crippen LogP contribution in [0, 0.1) is 0 Å². The minimum Gasteiger partial charge on any atom is -0.368 e. The smallest absolute Gasteiger partial charge is 0.257 e. The normalized spacial score (nSPS) is 14.4. The monoisotopic (exact) mass is 400 g/mol. The SMILES string of the molecule is O=C(c1cn[nH]c1-c1ccc(Cl)cc1)N1CCN(c2cccc(Cl)c2)CC1. The highest BCUT2D eigenvalue weighted by molar-refractivity contribution is 6.31. The molecule has 1 amide bonds. The summed E-state index contributed by atoms with van der Waals surface area (Å²) in [6, 6.07) is 15.2. The number of amides is 1. The van der Waals surface area contributed by atoms with Crippen LogP contribution in [-0.2, 0) is 0 Å². The van der Waals surface area contributed by atoms with Crippen molar-refractivity contribution in [2.75, 3.05) is 31.1 Å². The molecule has 138 valence electrons. The molecule has 4 rings (SSSR count). The van der Waals surface area contributed by atoms with Gasteiger partial charge in [-0.2, -0.15) is 5.10 Å². The van der Waals surface area contributed by atoms with Crippen LogP contribution in [0.4, 0.5) is 5.69 Å². The lowest BCUT2D eigenvalue weighted by Gasteiger charge is -2.36. The zero-order valence-corrected chi connectivity index (χ0v) is 16.0. The lowest BCUT2D eigenvalue weighted by molar-refractivity contribution is 0.0747. The van der Waals surface area contributed by atoms with Crippen LogP contribution in [0.5, 0.6) is 0 Å². The summed E-state index contributed by atoms with van der Waals surface area (Å²) >= 11 is 12.0. The number of piperazine rings is 1. The molecule has 0 atom stereocenters. The summed E-state index contributed by atoms with van der Waals surface area (Å²) in [6.45, 7) is 2.83. The Morgan fingerprint density at radius 1 is 0.963 bits per heavy atom. The van der Waals surface area contributed by atoms with Crippen molar-refractivity contribution in [3.63, 3.8) is 0 Å². The minimum absolute atomic E-state index is 0.0144. The second-order valence-corrected chi connectivity index (χ2v) is 7.30. The van der Waals surface area contributed by atoms with Crippen molar-refractivity contribution in [3.05, 3.63) is 70.3 Å². The first-order valence-electron chi connectivity index (χ1n) is 8.71. The third kappa shape index (κ3) is 3.80. The molecule has 0 spiro atoms. The van der Waals surface area contributed by atoms with E-state index in [1.54, 1.807) is 18.3 Å². The van der Waals surface area contributed by atoms with Crippen LogP contribution in [-0.4, -0.2) is 47.2 Å². The molecular weight excluding hydrogens is 383 g/mol. The predicted octanol–water partition coefficient (Wildman–Crippen LogP) is 4.35. The van der Waals surface area contributed by atoms with Crippen molar-refractivity contribution in [1.82, 2.24) is 15.1 Å². The molecule has 1 aromatic heterocycles. The molecular formula is C20H18Cl2N4O. The second kappa shape index (κ2) is 7.62. The fourth-order valence-corrected chi connectivity index (χ4v) is 3.61. The number of benzene rings is 2. The number of carbonyl (C=O) groups excluding carboxylic acids is 1. The number of nitrogens with zero attached hydrogens (tertiary/aromatic N) is 3. The van der Waals surface area contributed by atoms with Gasteiger partial charge in [0.1, 0.15) is 0 Å². The molecule has 2 heterocycles. The van der Waals surface area contributed by atoms with E-state index in [-0.39, 0.29) is 5.91 Å². The lowest BCUT2D eigenvalue weighted by atomic mass is 10.1. The summed E-state index contributed by atoms with van der Waals surface area (Å²) < 4.78 is 0. The Kier molecular flexibility index (Phi) is 5.05. The summed E-state index contributed by atoms with van der Waals surface area (Å²) in [5.41, 5.74) is 3.26. The van der Waals surface area contributed by atoms with Gasteiger partial charge in [-0.1, -0.05) is 41.4 Å². The van der Waals surface area contributed by atoms with Crippen LogP contribution in [0.3, 0.4) is 0 Å². The molecule has 0 aliphatic carbocycles. The Morgan fingerprint density at radius 2 is 1.70 bits per heavy atom. The summed E-state index contributed by atoms with van der Waals surface area (Å²) in [6.07, 6.45) is 1.59. The van der Waals surface area contributed by atoms with E-state index in [0.29, 0.717) is 29.4 Å². The van der Waals surface area contributed by atoms with Crippen LogP contribution < -0.4 is 4.90 Å². The zero-order valence-electron chi connectivity index (χ0n) is 14.5. The Hall–Kier alpha value is -2.50. The van der Waals surface area contributed by atoms with Gasteiger partial charge in [-0.25, -0.2) is 0 Å². The van der Waals surface area contributed by atoms with Crippen molar-refractivity contribution in [1.29, 1.82) is 0 Å². The van der Waals surface area contributed by atoms with Gasteiger partial charge in [-0.3, -0.25) is 9.89 Å². The molecule has 1 fully saturated rings. The first-order chi connectivity index (χ1) is 13.1. The van der Waals surface area contributed by atoms with Crippen LogP contribution >= 0.6 is 23.2 Å². The molecule has 1 saturated heterocycles. The van der Waals surface area contributed by atoms with Gasteiger partial charge in [0.2, 0.25) is 0 Å². The topological polar surface area (TPSA) is 52.2 Å². The van der Waals surface area contributed by atoms with E-state index in [2.05, 4.69) is 15.1 Å². The van der Waals surface area contributed by atoms with Crippen molar-refractivity contribution in [2.24, 2.45) is 0 Å². The predicted molar refractivity (Wildman–Crippen MR) is 109 cm³/mol. The maximum atomic E-state index is 13.0. The number of carbonyl (C=O) groups is 1. The standard InChI is InChI=1S/C20H18Cl2N4O/c21-15-6-4-14(5-7-15)19-18(13-23-24-19)20(27)26-10-8-25(9-11-26)17-3-1-2-16(22)12-17/h1-7,12-13H,8-11H2,(H,23,24). The number of hydrogen-bond acceptors (Lipinski definition) is 3. The van der Waals surface area contributed by atoms with Crippen molar-refractivity contribution < 1.29 is 4.79 Å². The van der Waals surface area contributed by atoms with Gasteiger partial charge in [0.15, 0.2) is 0 Å². The third-order valence-electron chi connectivity index (χ3n) is 4.74. The number of nitrogens with one attached hydrogen (secondary N) is 1. The van der Waals surface area contributed by atoms with E-state index in [0.717, 1.165) is 29.4 Å². The van der Waals surface area contributed by atoms with Crippen molar-refractivity contribution in [3.8, 4) is 11.3 Å². The van der Waals surface area contributed by atoms with Crippen molar-refractivity contribution in [2.45, 2.75) is 0 Å². The summed E-state index contributed by atoms with van der Waals surface area (Å²) in [5.74, 6) is -0.0144. The molecule has 1 aliphatic rings. The van der Waals surface area contributed by atoms with Crippen LogP contribution in [0.15, 0.2) is 54.7 Å². The number of halogens is 2. The van der Waals surface area contributed by atoms with Gasteiger partial charge in [0.05, 0.1) is 17.5 Å². The molecule has 0 bridgehead atoms. The summed E-state index contributed by atoms with van der Waals surface area (Å²) in [5, 5.41) is 8.39. The van der Waals surface area contributed by atoms with Crippen LogP contribution in [0.25, 0.3) is 11.3 Å². The quantitative estimate of drug-likeness (QED) is 0.710. The van der Waals surface area contributed by atoms with Gasteiger partial charge < -0.3 is 9.80 Å². The molecule has 27 heavy (non-hydrogen) atoms. The van der Waals surface area contributed by atoms with E-state index in [9.17, 15) is 4.79 Å². The fourth-order valence-electron chi connectivity index (χ4n) is 3.30. The highest BCUT2D eigenvalue weighted by atomic mass is 35.5. The first-order valence-corrected chi connectivity index (χ1v) is 9.46. The number of rotatable bonds is 3. The number of hydrogen-bond donors (Lipinski definition) is 1. The van der Waals surface area contributed by atoms with E-state index < -0.39 is 0 Å².